The molecule has 2 aromatic heterocycles. The summed E-state index contributed by atoms with van der Waals surface area (Å²) in [6.07, 6.45) is 1.42. The first kappa shape index (κ1) is 11.2. The molecular formula is C11H16N6O. The first-order chi connectivity index (χ1) is 8.74. The lowest BCUT2D eigenvalue weighted by molar-refractivity contribution is 0.480. The predicted molar refractivity (Wildman–Crippen MR) is 66.3 cm³/mol. The topological polar surface area (TPSA) is 82.9 Å². The predicted octanol–water partition coefficient (Wildman–Crippen LogP) is 0.566. The molecule has 3 rings (SSSR count). The summed E-state index contributed by atoms with van der Waals surface area (Å²) in [5.41, 5.74) is 0.811. The molecular weight excluding hydrogens is 232 g/mol. The Morgan fingerprint density at radius 2 is 2.39 bits per heavy atom. The van der Waals surface area contributed by atoms with Gasteiger partial charge < -0.3 is 14.6 Å². The number of nitrogens with one attached hydrogen (secondary N) is 2. The molecule has 0 aliphatic carbocycles. The van der Waals surface area contributed by atoms with Crippen LogP contribution in [0.15, 0.2) is 10.8 Å². The second-order valence-electron chi connectivity index (χ2n) is 4.55. The molecule has 7 nitrogen and oxygen atoms in total. The molecule has 2 N–H and O–H groups in total. The summed E-state index contributed by atoms with van der Waals surface area (Å²) in [5.74, 6) is 2.00. The third-order valence-corrected chi connectivity index (χ3v) is 3.09. The lowest BCUT2D eigenvalue weighted by Crippen LogP contribution is -2.49. The molecule has 0 aromatic carbocycles. The lowest BCUT2D eigenvalue weighted by Gasteiger charge is -2.30. The van der Waals surface area contributed by atoms with E-state index in [9.17, 15) is 0 Å². The molecule has 1 saturated heterocycles. The van der Waals surface area contributed by atoms with Crippen LogP contribution in [0.25, 0.3) is 11.6 Å². The van der Waals surface area contributed by atoms with Gasteiger partial charge in [0.25, 0.3) is 0 Å². The van der Waals surface area contributed by atoms with Crippen molar-refractivity contribution in [3.05, 3.63) is 12.1 Å². The van der Waals surface area contributed by atoms with Gasteiger partial charge in [-0.2, -0.15) is 4.98 Å². The average Bonchev–Trinajstić information content (AvgIpc) is 2.97. The van der Waals surface area contributed by atoms with Crippen LogP contribution in [-0.4, -0.2) is 45.8 Å². The van der Waals surface area contributed by atoms with Crippen molar-refractivity contribution in [2.24, 2.45) is 0 Å². The van der Waals surface area contributed by atoms with E-state index in [2.05, 4.69) is 37.3 Å². The SMILES string of the molecule is Cc1ncoc1-c1nc(N2CCNC(C)C2)n[nH]1. The molecule has 0 bridgehead atoms. The van der Waals surface area contributed by atoms with Crippen LogP contribution < -0.4 is 10.2 Å². The van der Waals surface area contributed by atoms with E-state index in [1.807, 2.05) is 6.92 Å². The Labute approximate surface area is 105 Å². The quantitative estimate of drug-likeness (QED) is 0.808. The molecule has 1 fully saturated rings. The number of aromatic nitrogens is 4. The summed E-state index contributed by atoms with van der Waals surface area (Å²) in [6.45, 7) is 6.81. The molecule has 1 atom stereocenters. The first-order valence-corrected chi connectivity index (χ1v) is 6.05. The highest BCUT2D eigenvalue weighted by Crippen LogP contribution is 2.20. The molecule has 3 heterocycles. The van der Waals surface area contributed by atoms with E-state index in [0.29, 0.717) is 23.6 Å². The van der Waals surface area contributed by atoms with Crippen LogP contribution in [0.5, 0.6) is 0 Å². The minimum atomic E-state index is 0.452. The summed E-state index contributed by atoms with van der Waals surface area (Å²) in [6, 6.07) is 0.452. The number of H-pyrrole nitrogens is 1. The fourth-order valence-corrected chi connectivity index (χ4v) is 2.14. The average molecular weight is 248 g/mol. The zero-order valence-electron chi connectivity index (χ0n) is 10.5. The third-order valence-electron chi connectivity index (χ3n) is 3.09. The fraction of sp³-hybridized carbons (Fsp3) is 0.545. The van der Waals surface area contributed by atoms with Gasteiger partial charge >= 0.3 is 0 Å². The Bertz CT molecular complexity index is 533. The van der Waals surface area contributed by atoms with Crippen molar-refractivity contribution in [2.75, 3.05) is 24.5 Å². The maximum absolute atomic E-state index is 5.30. The highest BCUT2D eigenvalue weighted by atomic mass is 16.3. The van der Waals surface area contributed by atoms with Gasteiger partial charge in [-0.3, -0.25) is 5.10 Å². The molecule has 2 aromatic rings. The highest BCUT2D eigenvalue weighted by Gasteiger charge is 2.20. The monoisotopic (exact) mass is 248 g/mol. The molecule has 96 valence electrons. The number of aryl methyl sites for hydroxylation is 1. The maximum Gasteiger partial charge on any atom is 0.245 e. The number of piperazine rings is 1. The molecule has 7 heteroatoms. The van der Waals surface area contributed by atoms with Crippen LogP contribution in [0.2, 0.25) is 0 Å². The first-order valence-electron chi connectivity index (χ1n) is 6.05. The van der Waals surface area contributed by atoms with Gasteiger partial charge in [-0.25, -0.2) is 4.98 Å². The van der Waals surface area contributed by atoms with Crippen LogP contribution >= 0.6 is 0 Å². The van der Waals surface area contributed by atoms with E-state index in [1.54, 1.807) is 0 Å². The zero-order chi connectivity index (χ0) is 12.5. The van der Waals surface area contributed by atoms with E-state index in [1.165, 1.54) is 6.39 Å². The van der Waals surface area contributed by atoms with Crippen LogP contribution in [0.4, 0.5) is 5.95 Å². The van der Waals surface area contributed by atoms with Gasteiger partial charge in [-0.1, -0.05) is 0 Å². The van der Waals surface area contributed by atoms with E-state index < -0.39 is 0 Å². The second kappa shape index (κ2) is 4.41. The number of rotatable bonds is 2. The number of nitrogens with zero attached hydrogens (tertiary/aromatic N) is 4. The van der Waals surface area contributed by atoms with Gasteiger partial charge in [-0.05, 0) is 13.8 Å². The number of oxazole rings is 1. The molecule has 0 saturated carbocycles. The maximum atomic E-state index is 5.30. The van der Waals surface area contributed by atoms with Crippen molar-refractivity contribution < 1.29 is 4.42 Å². The smallest absolute Gasteiger partial charge is 0.245 e. The number of hydrogen-bond donors (Lipinski definition) is 2. The van der Waals surface area contributed by atoms with Gasteiger partial charge in [0, 0.05) is 25.7 Å². The van der Waals surface area contributed by atoms with E-state index >= 15 is 0 Å². The van der Waals surface area contributed by atoms with Crippen molar-refractivity contribution in [3.8, 4) is 11.6 Å². The van der Waals surface area contributed by atoms with Crippen molar-refractivity contribution in [1.29, 1.82) is 0 Å². The minimum absolute atomic E-state index is 0.452. The summed E-state index contributed by atoms with van der Waals surface area (Å²) in [5, 5.41) is 10.5. The lowest BCUT2D eigenvalue weighted by atomic mass is 10.2. The van der Waals surface area contributed by atoms with Gasteiger partial charge in [0.15, 0.2) is 18.0 Å². The molecule has 1 unspecified atom stereocenters. The summed E-state index contributed by atoms with van der Waals surface area (Å²) in [4.78, 5) is 10.7. The van der Waals surface area contributed by atoms with Gasteiger partial charge in [0.1, 0.15) is 0 Å². The Morgan fingerprint density at radius 3 is 3.11 bits per heavy atom. The standard InChI is InChI=1S/C11H16N6O/c1-7-5-17(4-3-12-7)11-14-10(15-16-11)9-8(2)13-6-18-9/h6-7,12H,3-5H2,1-2H3,(H,14,15,16). The molecule has 0 radical (unpaired) electrons. The Morgan fingerprint density at radius 1 is 1.50 bits per heavy atom. The van der Waals surface area contributed by atoms with Crippen molar-refractivity contribution in [1.82, 2.24) is 25.5 Å². The van der Waals surface area contributed by atoms with Crippen molar-refractivity contribution in [2.45, 2.75) is 19.9 Å². The van der Waals surface area contributed by atoms with E-state index in [-0.39, 0.29) is 0 Å². The van der Waals surface area contributed by atoms with Crippen LogP contribution in [0, 0.1) is 6.92 Å². The Kier molecular flexibility index (Phi) is 2.75. The largest absolute Gasteiger partial charge is 0.440 e. The van der Waals surface area contributed by atoms with E-state index in [0.717, 1.165) is 25.3 Å². The van der Waals surface area contributed by atoms with Crippen LogP contribution in [-0.2, 0) is 0 Å². The molecule has 1 aliphatic rings. The highest BCUT2D eigenvalue weighted by molar-refractivity contribution is 5.51. The van der Waals surface area contributed by atoms with E-state index in [4.69, 9.17) is 4.42 Å². The molecule has 0 amide bonds. The second-order valence-corrected chi connectivity index (χ2v) is 4.55. The fourth-order valence-electron chi connectivity index (χ4n) is 2.14. The van der Waals surface area contributed by atoms with Gasteiger partial charge in [0.05, 0.1) is 5.69 Å². The Balaban J connectivity index is 1.83. The minimum Gasteiger partial charge on any atom is -0.440 e. The van der Waals surface area contributed by atoms with Crippen molar-refractivity contribution >= 4 is 5.95 Å². The molecule has 0 spiro atoms. The zero-order valence-corrected chi connectivity index (χ0v) is 10.5. The third kappa shape index (κ3) is 1.97. The van der Waals surface area contributed by atoms with Crippen molar-refractivity contribution in [3.63, 3.8) is 0 Å². The Hall–Kier alpha value is -1.89. The molecule has 1 aliphatic heterocycles. The number of hydrogen-bond acceptors (Lipinski definition) is 6. The number of aromatic amines is 1. The number of anilines is 1. The van der Waals surface area contributed by atoms with Crippen LogP contribution in [0.1, 0.15) is 12.6 Å². The normalized spacial score (nSPS) is 20.3. The summed E-state index contributed by atoms with van der Waals surface area (Å²) in [7, 11) is 0. The van der Waals surface area contributed by atoms with Crippen LogP contribution in [0.3, 0.4) is 0 Å². The van der Waals surface area contributed by atoms with Gasteiger partial charge in [0.2, 0.25) is 5.95 Å². The van der Waals surface area contributed by atoms with Gasteiger partial charge in [-0.15, -0.1) is 5.10 Å². The molecule has 18 heavy (non-hydrogen) atoms. The summed E-state index contributed by atoms with van der Waals surface area (Å²) >= 11 is 0. The summed E-state index contributed by atoms with van der Waals surface area (Å²) < 4.78 is 5.30.